The smallest absolute Gasteiger partial charge is 0.200 e. The van der Waals surface area contributed by atoms with Gasteiger partial charge in [0.1, 0.15) is 52.7 Å². The molecule has 0 aliphatic carbocycles. The zero-order chi connectivity index (χ0) is 53.6. The maximum atomic E-state index is 15.4. The molecule has 1 aromatic heterocycles. The van der Waals surface area contributed by atoms with Crippen LogP contribution in [0.2, 0.25) is 0 Å². The van der Waals surface area contributed by atoms with Gasteiger partial charge >= 0.3 is 0 Å². The molecular weight excluding hydrogens is 1030 g/mol. The van der Waals surface area contributed by atoms with Crippen molar-refractivity contribution in [3.8, 4) is 0 Å². The van der Waals surface area contributed by atoms with Crippen LogP contribution < -0.4 is 26.4 Å². The Morgan fingerprint density at radius 2 is 0.527 bits per heavy atom. The van der Waals surface area contributed by atoms with Crippen molar-refractivity contribution in [2.45, 2.75) is 6.54 Å². The summed E-state index contributed by atoms with van der Waals surface area (Å²) in [6, 6.07) is 28.9. The van der Waals surface area contributed by atoms with Crippen LogP contribution in [0.25, 0.3) is 43.1 Å². The number of hydrogen-bond acceptors (Lipinski definition) is 1. The summed E-state index contributed by atoms with van der Waals surface area (Å²) in [5, 5.41) is 10.3. The average Bonchev–Trinajstić information content (AvgIpc) is 3.40. The highest BCUT2D eigenvalue weighted by molar-refractivity contribution is 7.20. The van der Waals surface area contributed by atoms with Crippen LogP contribution in [-0.4, -0.2) is 11.1 Å². The molecule has 0 unspecified atom stereocenters. The van der Waals surface area contributed by atoms with Crippen LogP contribution in [0.1, 0.15) is 5.56 Å². The molecule has 74 heavy (non-hydrogen) atoms. The quantitative estimate of drug-likeness (QED) is 0.0405. The molecular formula is C51H19BF20N2. The summed E-state index contributed by atoms with van der Waals surface area (Å²) in [6.07, 6.45) is 0.543. The van der Waals surface area contributed by atoms with E-state index in [1.54, 1.807) is 0 Å². The van der Waals surface area contributed by atoms with Crippen LogP contribution in [-0.2, 0) is 6.54 Å². The summed E-state index contributed by atoms with van der Waals surface area (Å²) < 4.78 is 296. The minimum atomic E-state index is -7.22. The van der Waals surface area contributed by atoms with Crippen LogP contribution in [0.5, 0.6) is 0 Å². The van der Waals surface area contributed by atoms with Gasteiger partial charge in [0.15, 0.2) is 88.7 Å². The van der Waals surface area contributed by atoms with E-state index in [1.165, 1.54) is 48.7 Å². The Bertz CT molecular complexity index is 3530. The summed E-state index contributed by atoms with van der Waals surface area (Å²) in [5.41, 5.74) is -13.0. The first-order valence-corrected chi connectivity index (χ1v) is 20.8. The maximum absolute atomic E-state index is 15.4. The molecule has 0 aliphatic rings. The van der Waals surface area contributed by atoms with Gasteiger partial charge in [-0.2, -0.15) is 4.57 Å². The summed E-state index contributed by atoms with van der Waals surface area (Å²) >= 11 is 0. The minimum Gasteiger partial charge on any atom is -0.252 e. The Kier molecular flexibility index (Phi) is 12.8. The molecule has 0 atom stereocenters. The molecule has 0 radical (unpaired) electrons. The Morgan fingerprint density at radius 3 is 0.797 bits per heavy atom. The second-order valence-corrected chi connectivity index (χ2v) is 16.4. The molecule has 0 N–H and O–H groups in total. The second-order valence-electron chi connectivity index (χ2n) is 16.4. The maximum Gasteiger partial charge on any atom is 0.200 e. The monoisotopic (exact) mass is 1050 g/mol. The number of halogens is 20. The molecule has 0 saturated carbocycles. The van der Waals surface area contributed by atoms with Gasteiger partial charge in [0.05, 0.1) is 12.4 Å². The predicted octanol–water partition coefficient (Wildman–Crippen LogP) is 11.9. The van der Waals surface area contributed by atoms with Crippen LogP contribution in [0.4, 0.5) is 87.8 Å². The standard InChI is InChI=1S/C27H19N2.C24BF20/c1-3-7-21-16-25-23(13-19(21)5-1)15-24-14-20-6-2-4-8-22(20)17-26(24)27(25)18-29-11-9-28-10-12-29;26-5-1(6(27)14(35)21(42)13(5)34)25(2-7(28)15(36)22(43)16(37)8(2)29,3-9(30)17(38)23(44)18(39)10(3)31)4-11(32)19(40)24(45)20(41)12(4)33/h1-17H,18H2;/q+1;-1. The predicted molar refractivity (Wildman–Crippen MR) is 229 cm³/mol. The van der Waals surface area contributed by atoms with Crippen molar-refractivity contribution in [3.63, 3.8) is 0 Å². The lowest BCUT2D eigenvalue weighted by atomic mass is 9.12. The van der Waals surface area contributed by atoms with Crippen molar-refractivity contribution < 1.29 is 92.4 Å². The van der Waals surface area contributed by atoms with E-state index in [2.05, 4.69) is 88.4 Å². The number of hydrogen-bond donors (Lipinski definition) is 0. The number of rotatable bonds is 6. The molecule has 0 aliphatic heterocycles. The van der Waals surface area contributed by atoms with Gasteiger partial charge in [-0.3, -0.25) is 4.98 Å². The van der Waals surface area contributed by atoms with Gasteiger partial charge in [0.25, 0.3) is 0 Å². The number of nitrogens with zero attached hydrogens (tertiary/aromatic N) is 2. The van der Waals surface area contributed by atoms with Crippen molar-refractivity contribution in [1.82, 2.24) is 4.98 Å². The molecule has 0 amide bonds. The van der Waals surface area contributed by atoms with E-state index >= 15 is 35.1 Å². The first kappa shape index (κ1) is 50.7. The summed E-state index contributed by atoms with van der Waals surface area (Å²) in [6.45, 7) is 0.813. The Morgan fingerprint density at radius 1 is 0.297 bits per heavy atom. The van der Waals surface area contributed by atoms with Crippen molar-refractivity contribution in [2.24, 2.45) is 0 Å². The van der Waals surface area contributed by atoms with Gasteiger partial charge < -0.3 is 0 Å². The highest BCUT2D eigenvalue weighted by Crippen LogP contribution is 2.35. The second kappa shape index (κ2) is 18.7. The molecule has 10 aromatic rings. The van der Waals surface area contributed by atoms with Gasteiger partial charge in [-0.25, -0.2) is 87.8 Å². The van der Waals surface area contributed by atoms with Crippen molar-refractivity contribution in [2.75, 3.05) is 0 Å². The van der Waals surface area contributed by atoms with Gasteiger partial charge in [0.2, 0.25) is 0 Å². The molecule has 10 rings (SSSR count). The third kappa shape index (κ3) is 7.60. The molecule has 0 bridgehead atoms. The normalized spacial score (nSPS) is 11.8. The van der Waals surface area contributed by atoms with E-state index in [4.69, 9.17) is 0 Å². The van der Waals surface area contributed by atoms with Crippen molar-refractivity contribution in [3.05, 3.63) is 226 Å². The van der Waals surface area contributed by atoms with E-state index in [0.29, 0.717) is 0 Å². The number of fused-ring (bicyclic) bond motifs is 4. The number of benzene rings is 9. The van der Waals surface area contributed by atoms with E-state index in [9.17, 15) is 52.7 Å². The molecule has 23 heteroatoms. The lowest BCUT2D eigenvalue weighted by Gasteiger charge is -2.44. The summed E-state index contributed by atoms with van der Waals surface area (Å²) in [4.78, 5) is 4.17. The highest BCUT2D eigenvalue weighted by Gasteiger charge is 2.52. The van der Waals surface area contributed by atoms with Crippen molar-refractivity contribution >= 4 is 71.1 Å². The Labute approximate surface area is 399 Å². The molecule has 2 nitrogen and oxygen atoms in total. The zero-order valence-electron chi connectivity index (χ0n) is 36.1. The van der Waals surface area contributed by atoms with Gasteiger partial charge in [-0.15, -0.1) is 21.9 Å². The molecule has 0 spiro atoms. The third-order valence-corrected chi connectivity index (χ3v) is 12.5. The zero-order valence-corrected chi connectivity index (χ0v) is 36.1. The Balaban J connectivity index is 0.000000198. The molecule has 1 heterocycles. The van der Waals surface area contributed by atoms with Gasteiger partial charge in [-0.1, -0.05) is 48.5 Å². The van der Waals surface area contributed by atoms with Crippen LogP contribution in [0.15, 0.2) is 104 Å². The van der Waals surface area contributed by atoms with Crippen molar-refractivity contribution in [1.29, 1.82) is 0 Å². The van der Waals surface area contributed by atoms with Gasteiger partial charge in [-0.05, 0) is 73.4 Å². The molecule has 376 valence electrons. The summed E-state index contributed by atoms with van der Waals surface area (Å²) in [7, 11) is 0. The topological polar surface area (TPSA) is 16.8 Å². The van der Waals surface area contributed by atoms with E-state index < -0.39 is 144 Å². The third-order valence-electron chi connectivity index (χ3n) is 12.5. The molecule has 0 fully saturated rings. The molecule has 0 saturated heterocycles. The first-order chi connectivity index (χ1) is 35.1. The van der Waals surface area contributed by atoms with E-state index in [-0.39, 0.29) is 0 Å². The first-order valence-electron chi connectivity index (χ1n) is 20.8. The SMILES string of the molecule is Fc1c(F)c(F)c([B-](c2c(F)c(F)c(F)c(F)c2F)(c2c(F)c(F)c(F)c(F)c2F)c2c(F)c(F)c(F)c(F)c2F)c(F)c1F.c1ccc2cc3c(C[n+]4ccncc4)c4cc5ccccc5cc4cc3cc2c1. The Hall–Kier alpha value is -8.24. The van der Waals surface area contributed by atoms with E-state index in [1.807, 2.05) is 24.8 Å². The average molecular weight is 1050 g/mol. The fraction of sp³-hybridized carbons (Fsp3) is 0.0196. The van der Waals surface area contributed by atoms with Crippen LogP contribution in [0, 0.1) is 116 Å². The summed E-state index contributed by atoms with van der Waals surface area (Å²) in [5.74, 6) is -71.4. The number of aromatic nitrogens is 2. The van der Waals surface area contributed by atoms with Gasteiger partial charge in [0, 0.05) is 5.56 Å². The highest BCUT2D eigenvalue weighted by atomic mass is 19.2. The van der Waals surface area contributed by atoms with Crippen LogP contribution >= 0.6 is 0 Å². The largest absolute Gasteiger partial charge is 0.252 e. The fourth-order valence-electron chi connectivity index (χ4n) is 9.27. The lowest BCUT2D eigenvalue weighted by Crippen LogP contribution is -2.81. The van der Waals surface area contributed by atoms with Crippen LogP contribution in [0.3, 0.4) is 0 Å². The fourth-order valence-corrected chi connectivity index (χ4v) is 9.27. The lowest BCUT2D eigenvalue weighted by molar-refractivity contribution is -0.688. The van der Waals surface area contributed by atoms with E-state index in [0.717, 1.165) is 6.54 Å². The minimum absolute atomic E-state index is 0.813. The molecule has 9 aromatic carbocycles.